The second-order valence-corrected chi connectivity index (χ2v) is 7.15. The minimum Gasteiger partial charge on any atom is -0.358 e. The molecule has 0 radical (unpaired) electrons. The van der Waals surface area contributed by atoms with Crippen LogP contribution in [0.2, 0.25) is 0 Å². The summed E-state index contributed by atoms with van der Waals surface area (Å²) < 4.78 is 39.9. The lowest BCUT2D eigenvalue weighted by molar-refractivity contribution is -0.385. The van der Waals surface area contributed by atoms with Gasteiger partial charge in [0.15, 0.2) is 0 Å². The number of thiocarbonyl (C=S) groups is 1. The fraction of sp³-hybridized carbons (Fsp3) is 0.467. The number of nitrogens with one attached hydrogen (secondary N) is 1. The Bertz CT molecular complexity index is 694. The number of hydrogen-bond acceptors (Lipinski definition) is 5. The first-order valence-electron chi connectivity index (χ1n) is 7.63. The molecular weight excluding hydrogens is 391 g/mol. The zero-order valence-corrected chi connectivity index (χ0v) is 15.9. The van der Waals surface area contributed by atoms with Crippen LogP contribution in [0.5, 0.6) is 0 Å². The number of thioether (sulfide) groups is 1. The monoisotopic (exact) mass is 409 g/mol. The van der Waals surface area contributed by atoms with Gasteiger partial charge in [-0.15, -0.1) is 0 Å². The van der Waals surface area contributed by atoms with E-state index in [9.17, 15) is 28.1 Å². The molecule has 0 spiro atoms. The number of nitro groups is 1. The van der Waals surface area contributed by atoms with Crippen molar-refractivity contribution in [1.29, 1.82) is 0 Å². The number of nitro benzene ring substituents is 1. The molecule has 0 saturated heterocycles. The maximum absolute atomic E-state index is 13.1. The van der Waals surface area contributed by atoms with Crippen molar-refractivity contribution in [3.8, 4) is 0 Å². The third-order valence-electron chi connectivity index (χ3n) is 3.45. The molecule has 0 heterocycles. The van der Waals surface area contributed by atoms with Gasteiger partial charge in [-0.3, -0.25) is 14.9 Å². The highest BCUT2D eigenvalue weighted by molar-refractivity contribution is 8.23. The molecule has 26 heavy (non-hydrogen) atoms. The van der Waals surface area contributed by atoms with E-state index < -0.39 is 39.2 Å². The number of alkyl halides is 3. The molecule has 1 aromatic carbocycles. The molecule has 144 valence electrons. The van der Waals surface area contributed by atoms with Crippen LogP contribution in [-0.2, 0) is 11.0 Å². The molecule has 11 heteroatoms. The number of non-ortho nitro benzene ring substituents is 1. The summed E-state index contributed by atoms with van der Waals surface area (Å²) in [6.07, 6.45) is -4.85. The van der Waals surface area contributed by atoms with Gasteiger partial charge >= 0.3 is 6.18 Å². The van der Waals surface area contributed by atoms with Crippen LogP contribution in [-0.4, -0.2) is 38.4 Å². The van der Waals surface area contributed by atoms with Crippen LogP contribution >= 0.6 is 24.0 Å². The van der Waals surface area contributed by atoms with Crippen LogP contribution in [0.3, 0.4) is 0 Å². The van der Waals surface area contributed by atoms with E-state index in [2.05, 4.69) is 5.32 Å². The number of nitrogens with zero attached hydrogens (tertiary/aromatic N) is 2. The number of benzene rings is 1. The van der Waals surface area contributed by atoms with Crippen molar-refractivity contribution in [2.45, 2.75) is 32.2 Å². The molecule has 1 N–H and O–H groups in total. The molecular formula is C15H18F3N3O3S2. The Kier molecular flexibility index (Phi) is 7.82. The highest BCUT2D eigenvalue weighted by Gasteiger charge is 2.36. The van der Waals surface area contributed by atoms with Crippen molar-refractivity contribution in [3.63, 3.8) is 0 Å². The minimum absolute atomic E-state index is 0.397. The molecule has 1 amide bonds. The third kappa shape index (κ3) is 5.84. The maximum atomic E-state index is 13.1. The number of halogens is 3. The Morgan fingerprint density at radius 2 is 1.96 bits per heavy atom. The van der Waals surface area contributed by atoms with Gasteiger partial charge in [0.05, 0.1) is 21.4 Å². The van der Waals surface area contributed by atoms with E-state index in [0.29, 0.717) is 23.5 Å². The standard InChI is InChI=1S/C15H18F3N3O3S2/c1-4-20(5-2)14(25)26-9(3)13(22)19-12-7-6-10(21(23)24)8-11(12)15(16,17)18/h6-9H,4-5H2,1-3H3,(H,19,22). The van der Waals surface area contributed by atoms with Crippen molar-refractivity contribution in [2.75, 3.05) is 18.4 Å². The Hall–Kier alpha value is -1.88. The van der Waals surface area contributed by atoms with Gasteiger partial charge in [0.2, 0.25) is 5.91 Å². The van der Waals surface area contributed by atoms with Gasteiger partial charge < -0.3 is 10.2 Å². The van der Waals surface area contributed by atoms with Crippen LogP contribution in [0.1, 0.15) is 26.3 Å². The average molecular weight is 409 g/mol. The molecule has 0 fully saturated rings. The molecule has 1 aromatic rings. The van der Waals surface area contributed by atoms with Crippen molar-refractivity contribution in [3.05, 3.63) is 33.9 Å². The zero-order valence-electron chi connectivity index (χ0n) is 14.3. The first-order valence-corrected chi connectivity index (χ1v) is 8.92. The Morgan fingerprint density at radius 1 is 1.38 bits per heavy atom. The van der Waals surface area contributed by atoms with Crippen molar-refractivity contribution in [2.24, 2.45) is 0 Å². The number of rotatable bonds is 6. The second kappa shape index (κ2) is 9.17. The van der Waals surface area contributed by atoms with Gasteiger partial charge in [0.1, 0.15) is 4.32 Å². The topological polar surface area (TPSA) is 75.5 Å². The minimum atomic E-state index is -4.85. The summed E-state index contributed by atoms with van der Waals surface area (Å²) in [7, 11) is 0. The lowest BCUT2D eigenvalue weighted by Crippen LogP contribution is -2.31. The Labute approximate surface area is 158 Å². The Morgan fingerprint density at radius 3 is 2.42 bits per heavy atom. The summed E-state index contributed by atoms with van der Waals surface area (Å²) >= 11 is 6.28. The van der Waals surface area contributed by atoms with Crippen molar-refractivity contribution in [1.82, 2.24) is 4.90 Å². The third-order valence-corrected chi connectivity index (χ3v) is 5.02. The molecule has 1 rings (SSSR count). The van der Waals surface area contributed by atoms with Crippen LogP contribution in [0.25, 0.3) is 0 Å². The largest absolute Gasteiger partial charge is 0.418 e. The van der Waals surface area contributed by atoms with Crippen molar-refractivity contribution >= 4 is 45.6 Å². The maximum Gasteiger partial charge on any atom is 0.418 e. The van der Waals surface area contributed by atoms with E-state index in [4.69, 9.17) is 12.2 Å². The molecule has 6 nitrogen and oxygen atoms in total. The van der Waals surface area contributed by atoms with Gasteiger partial charge in [0, 0.05) is 25.2 Å². The normalized spacial score (nSPS) is 12.4. The summed E-state index contributed by atoms with van der Waals surface area (Å²) in [5, 5.41) is 12.1. The Balaban J connectivity index is 2.98. The van der Waals surface area contributed by atoms with Gasteiger partial charge in [-0.1, -0.05) is 24.0 Å². The quantitative estimate of drug-likeness (QED) is 0.429. The average Bonchev–Trinajstić information content (AvgIpc) is 2.54. The predicted octanol–water partition coefficient (Wildman–Crippen LogP) is 4.30. The molecule has 0 saturated carbocycles. The van der Waals surface area contributed by atoms with Crippen LogP contribution in [0.15, 0.2) is 18.2 Å². The van der Waals surface area contributed by atoms with E-state index in [0.717, 1.165) is 23.9 Å². The summed E-state index contributed by atoms with van der Waals surface area (Å²) in [6, 6.07) is 2.18. The number of carbonyl (C=O) groups excluding carboxylic acids is 1. The van der Waals surface area contributed by atoms with Gasteiger partial charge in [0.25, 0.3) is 5.69 Å². The van der Waals surface area contributed by atoms with Crippen LogP contribution in [0.4, 0.5) is 24.5 Å². The summed E-state index contributed by atoms with van der Waals surface area (Å²) in [5.41, 5.74) is -2.52. The van der Waals surface area contributed by atoms with Gasteiger partial charge in [-0.2, -0.15) is 13.2 Å². The van der Waals surface area contributed by atoms with Crippen LogP contribution in [0, 0.1) is 10.1 Å². The molecule has 0 aliphatic heterocycles. The SMILES string of the molecule is CCN(CC)C(=S)SC(C)C(=O)Nc1ccc([N+](=O)[O-])cc1C(F)(F)F. The summed E-state index contributed by atoms with van der Waals surface area (Å²) in [6.45, 7) is 6.62. The van der Waals surface area contributed by atoms with Crippen molar-refractivity contribution < 1.29 is 22.9 Å². The smallest absolute Gasteiger partial charge is 0.358 e. The lowest BCUT2D eigenvalue weighted by atomic mass is 10.1. The summed E-state index contributed by atoms with van der Waals surface area (Å²) in [4.78, 5) is 23.8. The van der Waals surface area contributed by atoms with Crippen LogP contribution < -0.4 is 5.32 Å². The molecule has 0 bridgehead atoms. The first kappa shape index (κ1) is 22.2. The molecule has 1 atom stereocenters. The lowest BCUT2D eigenvalue weighted by Gasteiger charge is -2.23. The van der Waals surface area contributed by atoms with E-state index >= 15 is 0 Å². The second-order valence-electron chi connectivity index (χ2n) is 5.17. The fourth-order valence-corrected chi connectivity index (χ4v) is 3.55. The number of amides is 1. The first-order chi connectivity index (χ1) is 12.0. The summed E-state index contributed by atoms with van der Waals surface area (Å²) in [5.74, 6) is -0.677. The highest BCUT2D eigenvalue weighted by atomic mass is 32.2. The highest BCUT2D eigenvalue weighted by Crippen LogP contribution is 2.37. The number of anilines is 1. The molecule has 1 unspecified atom stereocenters. The molecule has 0 aliphatic carbocycles. The number of hydrogen-bond donors (Lipinski definition) is 1. The van der Waals surface area contributed by atoms with E-state index in [-0.39, 0.29) is 0 Å². The van der Waals surface area contributed by atoms with Gasteiger partial charge in [-0.25, -0.2) is 0 Å². The number of carbonyl (C=O) groups is 1. The molecule has 0 aromatic heterocycles. The van der Waals surface area contributed by atoms with E-state index in [1.165, 1.54) is 6.92 Å². The van der Waals surface area contributed by atoms with Gasteiger partial charge in [-0.05, 0) is 26.8 Å². The fourth-order valence-electron chi connectivity index (χ4n) is 1.98. The molecule has 0 aliphatic rings. The van der Waals surface area contributed by atoms with E-state index in [1.54, 1.807) is 0 Å². The predicted molar refractivity (Wildman–Crippen MR) is 99.3 cm³/mol. The zero-order chi connectivity index (χ0) is 20.1. The van der Waals surface area contributed by atoms with E-state index in [1.807, 2.05) is 18.7 Å².